The number of ether oxygens (including phenoxy) is 1. The van der Waals surface area contributed by atoms with Crippen LogP contribution in [0.3, 0.4) is 0 Å². The molecule has 0 aromatic heterocycles. The molecule has 0 saturated heterocycles. The summed E-state index contributed by atoms with van der Waals surface area (Å²) >= 11 is 0. The van der Waals surface area contributed by atoms with Crippen LogP contribution in [0.4, 0.5) is 4.79 Å². The third-order valence-corrected chi connectivity index (χ3v) is 5.42. The highest BCUT2D eigenvalue weighted by Crippen LogP contribution is 2.27. The summed E-state index contributed by atoms with van der Waals surface area (Å²) in [5, 5.41) is 2.71. The summed E-state index contributed by atoms with van der Waals surface area (Å²) in [6.45, 7) is 1.24. The van der Waals surface area contributed by atoms with Crippen LogP contribution < -0.4 is 15.8 Å². The van der Waals surface area contributed by atoms with E-state index in [1.165, 1.54) is 11.1 Å². The molecule has 31 heavy (non-hydrogen) atoms. The van der Waals surface area contributed by atoms with Crippen LogP contribution in [0, 0.1) is 0 Å². The Morgan fingerprint density at radius 3 is 2.42 bits per heavy atom. The summed E-state index contributed by atoms with van der Waals surface area (Å²) in [7, 11) is 0. The third kappa shape index (κ3) is 5.22. The van der Waals surface area contributed by atoms with Crippen LogP contribution in [-0.4, -0.2) is 23.4 Å². The highest BCUT2D eigenvalue weighted by Gasteiger charge is 2.25. The van der Waals surface area contributed by atoms with Gasteiger partial charge in [-0.05, 0) is 47.4 Å². The number of fused-ring (bicyclic) bond motifs is 1. The summed E-state index contributed by atoms with van der Waals surface area (Å²) in [4.78, 5) is 26.5. The molecule has 1 aliphatic heterocycles. The number of hydrogen-bond acceptors (Lipinski definition) is 3. The van der Waals surface area contributed by atoms with Gasteiger partial charge in [-0.3, -0.25) is 4.79 Å². The van der Waals surface area contributed by atoms with Gasteiger partial charge in [-0.15, -0.1) is 0 Å². The van der Waals surface area contributed by atoms with Crippen molar-refractivity contribution in [2.24, 2.45) is 5.73 Å². The van der Waals surface area contributed by atoms with Gasteiger partial charge in [0.25, 0.3) is 0 Å². The average molecular weight is 415 g/mol. The zero-order valence-corrected chi connectivity index (χ0v) is 17.2. The topological polar surface area (TPSA) is 84.7 Å². The van der Waals surface area contributed by atoms with Gasteiger partial charge in [0.05, 0.1) is 12.5 Å². The summed E-state index contributed by atoms with van der Waals surface area (Å²) < 4.78 is 5.90. The van der Waals surface area contributed by atoms with E-state index in [0.717, 1.165) is 12.0 Å². The Morgan fingerprint density at radius 2 is 1.65 bits per heavy atom. The number of nitrogens with one attached hydrogen (secondary N) is 1. The van der Waals surface area contributed by atoms with E-state index in [2.05, 4.69) is 17.4 Å². The predicted molar refractivity (Wildman–Crippen MR) is 119 cm³/mol. The van der Waals surface area contributed by atoms with Gasteiger partial charge < -0.3 is 20.7 Å². The average Bonchev–Trinajstić information content (AvgIpc) is 2.79. The van der Waals surface area contributed by atoms with Crippen LogP contribution in [0.5, 0.6) is 11.5 Å². The summed E-state index contributed by atoms with van der Waals surface area (Å²) in [5.41, 5.74) is 8.61. The van der Waals surface area contributed by atoms with E-state index in [9.17, 15) is 9.59 Å². The van der Waals surface area contributed by atoms with Crippen molar-refractivity contribution < 1.29 is 14.3 Å². The van der Waals surface area contributed by atoms with Crippen LogP contribution in [-0.2, 0) is 17.8 Å². The second kappa shape index (κ2) is 9.34. The quantitative estimate of drug-likeness (QED) is 0.634. The minimum Gasteiger partial charge on any atom is -0.457 e. The van der Waals surface area contributed by atoms with Crippen LogP contribution >= 0.6 is 0 Å². The molecule has 1 aliphatic rings. The van der Waals surface area contributed by atoms with Crippen molar-refractivity contribution in [3.05, 3.63) is 95.6 Å². The Labute approximate surface area is 181 Å². The molecule has 3 aromatic rings. The molecule has 3 N–H and O–H groups in total. The Morgan fingerprint density at radius 1 is 0.935 bits per heavy atom. The normalized spacial score (nSPS) is 13.7. The number of carbonyl (C=O) groups is 2. The van der Waals surface area contributed by atoms with Crippen LogP contribution in [0.1, 0.15) is 29.2 Å². The lowest BCUT2D eigenvalue weighted by molar-refractivity contribution is -0.132. The molecule has 0 saturated carbocycles. The Kier molecular flexibility index (Phi) is 6.17. The zero-order chi connectivity index (χ0) is 21.6. The molecular formula is C25H25N3O3. The van der Waals surface area contributed by atoms with E-state index in [-0.39, 0.29) is 12.3 Å². The maximum absolute atomic E-state index is 13.1. The molecule has 1 atom stereocenters. The van der Waals surface area contributed by atoms with Crippen LogP contribution in [0.25, 0.3) is 0 Å². The monoisotopic (exact) mass is 415 g/mol. The van der Waals surface area contributed by atoms with Crippen molar-refractivity contribution >= 4 is 11.9 Å². The second-order valence-corrected chi connectivity index (χ2v) is 7.59. The van der Waals surface area contributed by atoms with Gasteiger partial charge in [-0.1, -0.05) is 54.6 Å². The molecule has 1 heterocycles. The van der Waals surface area contributed by atoms with E-state index in [1.807, 2.05) is 71.6 Å². The number of para-hydroxylation sites is 1. The molecule has 0 aliphatic carbocycles. The van der Waals surface area contributed by atoms with Gasteiger partial charge in [0, 0.05) is 13.1 Å². The lowest BCUT2D eigenvalue weighted by atomic mass is 9.98. The number of primary amides is 1. The number of benzene rings is 3. The van der Waals surface area contributed by atoms with Gasteiger partial charge in [0.1, 0.15) is 11.5 Å². The fourth-order valence-electron chi connectivity index (χ4n) is 3.86. The molecule has 0 fully saturated rings. The molecule has 1 unspecified atom stereocenters. The first kappa shape index (κ1) is 20.5. The molecule has 6 nitrogen and oxygen atoms in total. The van der Waals surface area contributed by atoms with Crippen molar-refractivity contribution in [1.82, 2.24) is 10.2 Å². The fraction of sp³-hybridized carbons (Fsp3) is 0.200. The molecule has 4 rings (SSSR count). The summed E-state index contributed by atoms with van der Waals surface area (Å²) in [6, 6.07) is 23.8. The van der Waals surface area contributed by atoms with Crippen molar-refractivity contribution in [1.29, 1.82) is 0 Å². The Bertz CT molecular complexity index is 1070. The largest absolute Gasteiger partial charge is 0.457 e. The molecule has 0 bridgehead atoms. The van der Waals surface area contributed by atoms with E-state index in [1.54, 1.807) is 0 Å². The minimum atomic E-state index is -0.670. The van der Waals surface area contributed by atoms with Gasteiger partial charge in [-0.2, -0.15) is 0 Å². The first-order valence-corrected chi connectivity index (χ1v) is 10.3. The van der Waals surface area contributed by atoms with Crippen molar-refractivity contribution in [3.8, 4) is 11.5 Å². The molecular weight excluding hydrogens is 390 g/mol. The number of urea groups is 1. The number of rotatable bonds is 6. The summed E-state index contributed by atoms with van der Waals surface area (Å²) in [6.07, 6.45) is 0.954. The van der Waals surface area contributed by atoms with Crippen molar-refractivity contribution in [3.63, 3.8) is 0 Å². The highest BCUT2D eigenvalue weighted by atomic mass is 16.5. The molecule has 3 amide bonds. The Hall–Kier alpha value is -3.80. The summed E-state index contributed by atoms with van der Waals surface area (Å²) in [5.74, 6) is 1.31. The lowest BCUT2D eigenvalue weighted by Gasteiger charge is -2.30. The SMILES string of the molecule is NC(=O)NC(CC(=O)N1CCc2ccccc2C1)c1cccc(Oc2ccccc2)c1. The highest BCUT2D eigenvalue weighted by molar-refractivity contribution is 5.79. The number of amides is 3. The van der Waals surface area contributed by atoms with Crippen LogP contribution in [0.15, 0.2) is 78.9 Å². The van der Waals surface area contributed by atoms with E-state index in [4.69, 9.17) is 10.5 Å². The van der Waals surface area contributed by atoms with Crippen LogP contribution in [0.2, 0.25) is 0 Å². The van der Waals surface area contributed by atoms with Crippen molar-refractivity contribution in [2.45, 2.75) is 25.4 Å². The first-order valence-electron chi connectivity index (χ1n) is 10.3. The first-order chi connectivity index (χ1) is 15.1. The third-order valence-electron chi connectivity index (χ3n) is 5.42. The predicted octanol–water partition coefficient (Wildman–Crippen LogP) is 4.16. The van der Waals surface area contributed by atoms with E-state index in [0.29, 0.717) is 24.6 Å². The molecule has 0 radical (unpaired) electrons. The van der Waals surface area contributed by atoms with E-state index >= 15 is 0 Å². The molecule has 0 spiro atoms. The number of nitrogens with zero attached hydrogens (tertiary/aromatic N) is 1. The molecule has 158 valence electrons. The number of hydrogen-bond donors (Lipinski definition) is 2. The zero-order valence-electron chi connectivity index (χ0n) is 17.2. The lowest BCUT2D eigenvalue weighted by Crippen LogP contribution is -2.40. The number of carbonyl (C=O) groups excluding carboxylic acids is 2. The number of nitrogens with two attached hydrogens (primary N) is 1. The van der Waals surface area contributed by atoms with Gasteiger partial charge >= 0.3 is 6.03 Å². The van der Waals surface area contributed by atoms with Crippen molar-refractivity contribution in [2.75, 3.05) is 6.54 Å². The molecule has 6 heteroatoms. The van der Waals surface area contributed by atoms with E-state index < -0.39 is 12.1 Å². The molecule has 3 aromatic carbocycles. The second-order valence-electron chi connectivity index (χ2n) is 7.59. The fourth-order valence-corrected chi connectivity index (χ4v) is 3.86. The maximum atomic E-state index is 13.1. The maximum Gasteiger partial charge on any atom is 0.312 e. The van der Waals surface area contributed by atoms with Gasteiger partial charge in [0.2, 0.25) is 5.91 Å². The van der Waals surface area contributed by atoms with Gasteiger partial charge in [-0.25, -0.2) is 4.79 Å². The van der Waals surface area contributed by atoms with Gasteiger partial charge in [0.15, 0.2) is 0 Å². The smallest absolute Gasteiger partial charge is 0.312 e. The Balaban J connectivity index is 1.49. The minimum absolute atomic E-state index is 0.0253. The standard InChI is InChI=1S/C25H25N3O3/c26-25(30)27-23(16-24(29)28-14-13-18-7-4-5-8-20(18)17-28)19-9-6-12-22(15-19)31-21-10-2-1-3-11-21/h1-12,15,23H,13-14,16-17H2,(H3,26,27,30).